The van der Waals surface area contributed by atoms with E-state index >= 15 is 0 Å². The van der Waals surface area contributed by atoms with Crippen LogP contribution in [0.1, 0.15) is 11.1 Å². The minimum atomic E-state index is 0. The minimum absolute atomic E-state index is 0. The molecule has 2 rings (SSSR count). The molecule has 0 aromatic heterocycles. The Balaban J connectivity index is 0.000000245. The van der Waals surface area contributed by atoms with Crippen molar-refractivity contribution in [3.8, 4) is 0 Å². The Morgan fingerprint density at radius 2 is 1.13 bits per heavy atom. The molecule has 0 saturated heterocycles. The molecule has 0 aliphatic heterocycles. The summed E-state index contributed by atoms with van der Waals surface area (Å²) in [6, 6.07) is 21.9. The monoisotopic (exact) mass is 271 g/mol. The topological polar surface area (TPSA) is 0 Å². The first kappa shape index (κ1) is 14.5. The van der Waals surface area contributed by atoms with Crippen molar-refractivity contribution >= 4 is 0 Å². The van der Waals surface area contributed by atoms with Gasteiger partial charge in [0.15, 0.2) is 0 Å². The molecule has 0 saturated carbocycles. The molecule has 75 valence electrons. The number of aryl methyl sites for hydroxylation is 2. The van der Waals surface area contributed by atoms with Gasteiger partial charge >= 0.3 is 0 Å². The zero-order valence-electron chi connectivity index (χ0n) is 9.20. The molecule has 0 atom stereocenters. The predicted molar refractivity (Wildman–Crippen MR) is 60.0 cm³/mol. The summed E-state index contributed by atoms with van der Waals surface area (Å²) in [5.41, 5.74) is 2.39. The van der Waals surface area contributed by atoms with E-state index in [2.05, 4.69) is 12.1 Å². The van der Waals surface area contributed by atoms with Gasteiger partial charge in [-0.3, -0.25) is 0 Å². The Hall–Kier alpha value is -0.456. The van der Waals surface area contributed by atoms with Crippen molar-refractivity contribution < 1.29 is 32.7 Å². The van der Waals surface area contributed by atoms with Crippen LogP contribution in [0.25, 0.3) is 0 Å². The van der Waals surface area contributed by atoms with Gasteiger partial charge in [-0.05, 0) is 0 Å². The van der Waals surface area contributed by atoms with Crippen molar-refractivity contribution in [3.05, 3.63) is 71.8 Å². The van der Waals surface area contributed by atoms with Gasteiger partial charge in [0.2, 0.25) is 0 Å². The van der Waals surface area contributed by atoms with Crippen molar-refractivity contribution in [1.29, 1.82) is 0 Å². The van der Waals surface area contributed by atoms with Crippen molar-refractivity contribution in [2.45, 2.75) is 13.8 Å². The molecule has 1 radical (unpaired) electrons. The zero-order valence-corrected chi connectivity index (χ0v) is 12.0. The standard InChI is InChI=1S/2C7H7.Y/c2*1-7-5-3-2-4-6-7;/h2*2-5H,1H3;/q2*-1;. The summed E-state index contributed by atoms with van der Waals surface area (Å²) in [4.78, 5) is 0. The fourth-order valence-corrected chi connectivity index (χ4v) is 0.966. The zero-order chi connectivity index (χ0) is 10.2. The molecule has 0 amide bonds. The predicted octanol–water partition coefficient (Wildman–Crippen LogP) is 3.59. The van der Waals surface area contributed by atoms with E-state index in [1.54, 1.807) is 0 Å². The second-order valence-electron chi connectivity index (χ2n) is 3.09. The number of hydrogen-bond donors (Lipinski definition) is 0. The normalized spacial score (nSPS) is 8.13. The van der Waals surface area contributed by atoms with Crippen molar-refractivity contribution in [2.75, 3.05) is 0 Å². The summed E-state index contributed by atoms with van der Waals surface area (Å²) in [5, 5.41) is 0. The average Bonchev–Trinajstić information content (AvgIpc) is 2.21. The third-order valence-corrected chi connectivity index (χ3v) is 1.73. The number of benzene rings is 2. The molecule has 15 heavy (non-hydrogen) atoms. The molecular formula is C14H14Y-2. The first-order chi connectivity index (χ1) is 6.79. The van der Waals surface area contributed by atoms with Crippen LogP contribution in [-0.4, -0.2) is 0 Å². The number of rotatable bonds is 0. The van der Waals surface area contributed by atoms with Gasteiger partial charge in [-0.2, -0.15) is 71.8 Å². The van der Waals surface area contributed by atoms with Gasteiger partial charge in [0.05, 0.1) is 0 Å². The smallest absolute Gasteiger partial charge is 0 e. The van der Waals surface area contributed by atoms with Gasteiger partial charge in [0, 0.05) is 32.7 Å². The second kappa shape index (κ2) is 8.82. The molecule has 1 heteroatoms. The maximum Gasteiger partial charge on any atom is 0 e. The van der Waals surface area contributed by atoms with Crippen molar-refractivity contribution in [1.82, 2.24) is 0 Å². The van der Waals surface area contributed by atoms with E-state index in [4.69, 9.17) is 0 Å². The number of hydrogen-bond acceptors (Lipinski definition) is 0. The Morgan fingerprint density at radius 1 is 0.733 bits per heavy atom. The Morgan fingerprint density at radius 3 is 1.27 bits per heavy atom. The van der Waals surface area contributed by atoms with Crippen LogP contribution in [0.5, 0.6) is 0 Å². The maximum absolute atomic E-state index is 3.03. The molecule has 0 nitrogen and oxygen atoms in total. The second-order valence-corrected chi connectivity index (χ2v) is 3.09. The van der Waals surface area contributed by atoms with E-state index in [1.807, 2.05) is 62.4 Å². The van der Waals surface area contributed by atoms with Crippen LogP contribution in [0.3, 0.4) is 0 Å². The van der Waals surface area contributed by atoms with Crippen LogP contribution >= 0.6 is 0 Å². The average molecular weight is 271 g/mol. The van der Waals surface area contributed by atoms with Gasteiger partial charge < -0.3 is 0 Å². The molecular weight excluding hydrogens is 257 g/mol. The largest absolute Gasteiger partial charge is 0.181 e. The Bertz CT molecular complexity index is 303. The van der Waals surface area contributed by atoms with Gasteiger partial charge in [-0.15, -0.1) is 0 Å². The van der Waals surface area contributed by atoms with Gasteiger partial charge in [-0.25, -0.2) is 0 Å². The molecule has 0 fully saturated rings. The van der Waals surface area contributed by atoms with Crippen LogP contribution in [0, 0.1) is 26.0 Å². The van der Waals surface area contributed by atoms with Crippen LogP contribution in [0.4, 0.5) is 0 Å². The summed E-state index contributed by atoms with van der Waals surface area (Å²) >= 11 is 0. The molecule has 0 spiro atoms. The third-order valence-electron chi connectivity index (χ3n) is 1.73. The summed E-state index contributed by atoms with van der Waals surface area (Å²) in [7, 11) is 0. The fraction of sp³-hybridized carbons (Fsp3) is 0.143. The SMILES string of the molecule is Cc1[c-]cccc1.Cc1[c-]cccc1.[Y]. The molecule has 0 aliphatic rings. The van der Waals surface area contributed by atoms with E-state index in [0.29, 0.717) is 0 Å². The molecule has 0 aliphatic carbocycles. The van der Waals surface area contributed by atoms with Crippen LogP contribution in [-0.2, 0) is 32.7 Å². The Labute approximate surface area is 118 Å². The molecule has 0 bridgehead atoms. The van der Waals surface area contributed by atoms with Gasteiger partial charge in [0.25, 0.3) is 0 Å². The van der Waals surface area contributed by atoms with E-state index < -0.39 is 0 Å². The van der Waals surface area contributed by atoms with Gasteiger partial charge in [0.1, 0.15) is 0 Å². The minimum Gasteiger partial charge on any atom is -0.181 e. The summed E-state index contributed by atoms with van der Waals surface area (Å²) < 4.78 is 0. The van der Waals surface area contributed by atoms with Gasteiger partial charge in [-0.1, -0.05) is 13.8 Å². The maximum atomic E-state index is 3.03. The van der Waals surface area contributed by atoms with E-state index in [1.165, 1.54) is 11.1 Å². The summed E-state index contributed by atoms with van der Waals surface area (Å²) in [6.45, 7) is 4.06. The van der Waals surface area contributed by atoms with E-state index in [0.717, 1.165) is 0 Å². The molecule has 0 N–H and O–H groups in total. The quantitative estimate of drug-likeness (QED) is 0.642. The molecule has 0 heterocycles. The van der Waals surface area contributed by atoms with E-state index in [9.17, 15) is 0 Å². The van der Waals surface area contributed by atoms with Crippen LogP contribution in [0.15, 0.2) is 48.5 Å². The Kier molecular flexibility index (Phi) is 8.55. The third kappa shape index (κ3) is 7.47. The van der Waals surface area contributed by atoms with Crippen molar-refractivity contribution in [2.24, 2.45) is 0 Å². The van der Waals surface area contributed by atoms with Crippen molar-refractivity contribution in [3.63, 3.8) is 0 Å². The summed E-state index contributed by atoms with van der Waals surface area (Å²) in [6.07, 6.45) is 0. The fourth-order valence-electron chi connectivity index (χ4n) is 0.966. The van der Waals surface area contributed by atoms with E-state index in [-0.39, 0.29) is 32.7 Å². The first-order valence-corrected chi connectivity index (χ1v) is 4.65. The molecule has 0 unspecified atom stereocenters. The van der Waals surface area contributed by atoms with Crippen LogP contribution in [0.2, 0.25) is 0 Å². The van der Waals surface area contributed by atoms with Crippen LogP contribution < -0.4 is 0 Å². The summed E-state index contributed by atoms with van der Waals surface area (Å²) in [5.74, 6) is 0. The first-order valence-electron chi connectivity index (χ1n) is 4.65. The molecule has 2 aromatic rings. The molecule has 2 aromatic carbocycles.